The molecule has 1 aliphatic rings. The minimum atomic E-state index is -0.233. The highest BCUT2D eigenvalue weighted by atomic mass is 16.5. The molecule has 1 amide bonds. The average molecular weight is 329 g/mol. The Bertz CT molecular complexity index is 710. The maximum Gasteiger partial charge on any atom is 0.258 e. The van der Waals surface area contributed by atoms with Gasteiger partial charge in [-0.15, -0.1) is 0 Å². The van der Waals surface area contributed by atoms with Gasteiger partial charge in [0.1, 0.15) is 5.60 Å². The van der Waals surface area contributed by atoms with Crippen LogP contribution in [-0.2, 0) is 17.8 Å². The van der Waals surface area contributed by atoms with Crippen molar-refractivity contribution in [1.82, 2.24) is 14.9 Å². The Balaban J connectivity index is 1.53. The zero-order chi connectivity index (χ0) is 17.2. The largest absolute Gasteiger partial charge is 0.483 e. The van der Waals surface area contributed by atoms with E-state index in [0.717, 1.165) is 17.7 Å². The van der Waals surface area contributed by atoms with E-state index in [9.17, 15) is 4.79 Å². The smallest absolute Gasteiger partial charge is 0.258 e. The summed E-state index contributed by atoms with van der Waals surface area (Å²) >= 11 is 0. The Morgan fingerprint density at radius 1 is 1.50 bits per heavy atom. The number of rotatable bonds is 6. The highest BCUT2D eigenvalue weighted by Crippen LogP contribution is 2.41. The zero-order valence-corrected chi connectivity index (χ0v) is 14.3. The van der Waals surface area contributed by atoms with E-state index in [0.29, 0.717) is 12.3 Å². The molecule has 1 aliphatic heterocycles. The molecular formula is C18H23N3O3. The molecule has 6 nitrogen and oxygen atoms in total. The summed E-state index contributed by atoms with van der Waals surface area (Å²) in [5.41, 5.74) is 0.884. The van der Waals surface area contributed by atoms with E-state index < -0.39 is 0 Å². The van der Waals surface area contributed by atoms with Gasteiger partial charge < -0.3 is 19.4 Å². The van der Waals surface area contributed by atoms with E-state index in [4.69, 9.17) is 9.47 Å². The minimum Gasteiger partial charge on any atom is -0.483 e. The standard InChI is InChI=1S/C18H23N3O3/c1-13(10-21-8-7-19-12-21)20-16(22)11-23-15-6-4-5-14-9-18(2,3)24-17(14)15/h4-8,12-13H,9-11H2,1-3H3,(H,20,22)/t13-/m0/s1. The number of nitrogens with one attached hydrogen (secondary N) is 1. The van der Waals surface area contributed by atoms with Gasteiger partial charge >= 0.3 is 0 Å². The molecule has 0 bridgehead atoms. The molecule has 3 rings (SSSR count). The van der Waals surface area contributed by atoms with Gasteiger partial charge in [0, 0.05) is 37.0 Å². The van der Waals surface area contributed by atoms with Crippen LogP contribution >= 0.6 is 0 Å². The first-order valence-corrected chi connectivity index (χ1v) is 8.12. The van der Waals surface area contributed by atoms with Crippen molar-refractivity contribution in [3.05, 3.63) is 42.5 Å². The Labute approximate surface area is 141 Å². The van der Waals surface area contributed by atoms with Crippen molar-refractivity contribution in [3.8, 4) is 11.5 Å². The number of para-hydroxylation sites is 1. The van der Waals surface area contributed by atoms with Gasteiger partial charge in [0.25, 0.3) is 5.91 Å². The van der Waals surface area contributed by atoms with Gasteiger partial charge in [-0.25, -0.2) is 4.98 Å². The van der Waals surface area contributed by atoms with Crippen LogP contribution in [0.3, 0.4) is 0 Å². The normalized spacial score (nSPS) is 16.1. The second-order valence-corrected chi connectivity index (χ2v) is 6.80. The van der Waals surface area contributed by atoms with Crippen LogP contribution in [0.15, 0.2) is 36.9 Å². The number of benzene rings is 1. The van der Waals surface area contributed by atoms with Gasteiger partial charge in [0.2, 0.25) is 0 Å². The summed E-state index contributed by atoms with van der Waals surface area (Å²) in [5, 5.41) is 2.92. The molecule has 0 spiro atoms. The van der Waals surface area contributed by atoms with E-state index in [2.05, 4.69) is 10.3 Å². The average Bonchev–Trinajstić information content (AvgIpc) is 3.10. The zero-order valence-electron chi connectivity index (χ0n) is 14.3. The third-order valence-electron chi connectivity index (χ3n) is 3.87. The van der Waals surface area contributed by atoms with Gasteiger partial charge in [-0.1, -0.05) is 12.1 Å². The molecule has 0 fully saturated rings. The van der Waals surface area contributed by atoms with Crippen LogP contribution in [0.4, 0.5) is 0 Å². The number of fused-ring (bicyclic) bond motifs is 1. The van der Waals surface area contributed by atoms with E-state index in [1.807, 2.05) is 49.7 Å². The van der Waals surface area contributed by atoms with Crippen LogP contribution in [-0.4, -0.2) is 33.7 Å². The number of carbonyl (C=O) groups is 1. The molecule has 0 radical (unpaired) electrons. The molecule has 128 valence electrons. The number of hydrogen-bond acceptors (Lipinski definition) is 4. The van der Waals surface area contributed by atoms with Crippen LogP contribution in [0.2, 0.25) is 0 Å². The number of imidazole rings is 1. The molecule has 0 saturated heterocycles. The number of nitrogens with zero attached hydrogens (tertiary/aromatic N) is 2. The van der Waals surface area contributed by atoms with Gasteiger partial charge in [-0.3, -0.25) is 4.79 Å². The van der Waals surface area contributed by atoms with Crippen LogP contribution in [0, 0.1) is 0 Å². The molecule has 0 unspecified atom stereocenters. The third-order valence-corrected chi connectivity index (χ3v) is 3.87. The van der Waals surface area contributed by atoms with E-state index in [1.165, 1.54) is 0 Å². The Kier molecular flexibility index (Phi) is 4.46. The maximum atomic E-state index is 12.1. The first-order chi connectivity index (χ1) is 11.4. The molecule has 2 heterocycles. The fourth-order valence-corrected chi connectivity index (χ4v) is 2.92. The van der Waals surface area contributed by atoms with Gasteiger partial charge in [-0.2, -0.15) is 0 Å². The topological polar surface area (TPSA) is 65.4 Å². The number of amides is 1. The Morgan fingerprint density at radius 2 is 2.33 bits per heavy atom. The van der Waals surface area contributed by atoms with Crippen molar-refractivity contribution in [1.29, 1.82) is 0 Å². The first kappa shape index (κ1) is 16.4. The van der Waals surface area contributed by atoms with Crippen LogP contribution in [0.25, 0.3) is 0 Å². The number of carbonyl (C=O) groups excluding carboxylic acids is 1. The molecule has 0 saturated carbocycles. The first-order valence-electron chi connectivity index (χ1n) is 8.12. The summed E-state index contributed by atoms with van der Waals surface area (Å²) in [6, 6.07) is 5.79. The molecular weight excluding hydrogens is 306 g/mol. The highest BCUT2D eigenvalue weighted by molar-refractivity contribution is 5.77. The molecule has 1 aromatic heterocycles. The lowest BCUT2D eigenvalue weighted by Gasteiger charge is -2.18. The van der Waals surface area contributed by atoms with Crippen molar-refractivity contribution in [2.75, 3.05) is 6.61 Å². The third kappa shape index (κ3) is 3.88. The predicted molar refractivity (Wildman–Crippen MR) is 90.2 cm³/mol. The monoisotopic (exact) mass is 329 g/mol. The lowest BCUT2D eigenvalue weighted by Crippen LogP contribution is -2.38. The van der Waals surface area contributed by atoms with Crippen molar-refractivity contribution in [2.45, 2.75) is 45.4 Å². The number of ether oxygens (including phenoxy) is 2. The minimum absolute atomic E-state index is 0.00743. The van der Waals surface area contributed by atoms with Crippen molar-refractivity contribution in [3.63, 3.8) is 0 Å². The van der Waals surface area contributed by atoms with E-state index in [-0.39, 0.29) is 24.2 Å². The molecule has 6 heteroatoms. The van der Waals surface area contributed by atoms with Crippen molar-refractivity contribution in [2.24, 2.45) is 0 Å². The SMILES string of the molecule is C[C@@H](Cn1ccnc1)NC(=O)COc1cccc2c1OC(C)(C)C2. The molecule has 1 N–H and O–H groups in total. The number of hydrogen-bond donors (Lipinski definition) is 1. The van der Waals surface area contributed by atoms with Crippen LogP contribution in [0.1, 0.15) is 26.3 Å². The molecule has 1 atom stereocenters. The summed E-state index contributed by atoms with van der Waals surface area (Å²) in [6.45, 7) is 6.67. The van der Waals surface area contributed by atoms with Crippen molar-refractivity contribution < 1.29 is 14.3 Å². The van der Waals surface area contributed by atoms with Gasteiger partial charge in [0.05, 0.1) is 6.33 Å². The fourth-order valence-electron chi connectivity index (χ4n) is 2.92. The van der Waals surface area contributed by atoms with E-state index in [1.54, 1.807) is 12.5 Å². The van der Waals surface area contributed by atoms with Crippen LogP contribution < -0.4 is 14.8 Å². The highest BCUT2D eigenvalue weighted by Gasteiger charge is 2.32. The molecule has 24 heavy (non-hydrogen) atoms. The Hall–Kier alpha value is -2.50. The molecule has 2 aromatic rings. The van der Waals surface area contributed by atoms with Gasteiger partial charge in [-0.05, 0) is 26.8 Å². The molecule has 1 aromatic carbocycles. The maximum absolute atomic E-state index is 12.1. The quantitative estimate of drug-likeness (QED) is 0.882. The number of aromatic nitrogens is 2. The fraction of sp³-hybridized carbons (Fsp3) is 0.444. The van der Waals surface area contributed by atoms with Crippen molar-refractivity contribution >= 4 is 5.91 Å². The predicted octanol–water partition coefficient (Wildman–Crippen LogP) is 2.18. The summed E-state index contributed by atoms with van der Waals surface area (Å²) in [6.07, 6.45) is 6.15. The summed E-state index contributed by atoms with van der Waals surface area (Å²) < 4.78 is 13.5. The van der Waals surface area contributed by atoms with Crippen LogP contribution in [0.5, 0.6) is 11.5 Å². The second kappa shape index (κ2) is 6.55. The summed E-state index contributed by atoms with van der Waals surface area (Å²) in [5.74, 6) is 1.22. The lowest BCUT2D eigenvalue weighted by molar-refractivity contribution is -0.123. The Morgan fingerprint density at radius 3 is 3.08 bits per heavy atom. The molecule has 0 aliphatic carbocycles. The van der Waals surface area contributed by atoms with E-state index >= 15 is 0 Å². The summed E-state index contributed by atoms with van der Waals surface area (Å²) in [4.78, 5) is 16.1. The lowest BCUT2D eigenvalue weighted by atomic mass is 10.0. The second-order valence-electron chi connectivity index (χ2n) is 6.80. The van der Waals surface area contributed by atoms with Gasteiger partial charge in [0.15, 0.2) is 18.1 Å². The summed E-state index contributed by atoms with van der Waals surface area (Å²) in [7, 11) is 0.